The van der Waals surface area contributed by atoms with Gasteiger partial charge in [0.05, 0.1) is 12.3 Å². The molecular formula is C10H17N3O2. The Hall–Kier alpha value is -1.20. The molecule has 2 N–H and O–H groups in total. The Balaban J connectivity index is 3.08. The van der Waals surface area contributed by atoms with Gasteiger partial charge in [-0.1, -0.05) is 0 Å². The highest BCUT2D eigenvalue weighted by molar-refractivity contribution is 5.30. The molecule has 0 radical (unpaired) electrons. The Morgan fingerprint density at radius 3 is 2.53 bits per heavy atom. The predicted molar refractivity (Wildman–Crippen MR) is 57.2 cm³/mol. The van der Waals surface area contributed by atoms with Crippen LogP contribution in [0, 0.1) is 0 Å². The number of aromatic nitrogens is 2. The van der Waals surface area contributed by atoms with E-state index in [2.05, 4.69) is 9.97 Å². The van der Waals surface area contributed by atoms with Crippen molar-refractivity contribution in [2.45, 2.75) is 26.1 Å². The van der Waals surface area contributed by atoms with E-state index in [0.29, 0.717) is 18.2 Å². The summed E-state index contributed by atoms with van der Waals surface area (Å²) in [7, 11) is 3.22. The molecule has 0 aliphatic carbocycles. The molecule has 0 aromatic carbocycles. The maximum Gasteiger partial charge on any atom is 0.162 e. The monoisotopic (exact) mass is 211 g/mol. The van der Waals surface area contributed by atoms with E-state index in [0.717, 1.165) is 5.69 Å². The van der Waals surface area contributed by atoms with Gasteiger partial charge in [-0.2, -0.15) is 0 Å². The van der Waals surface area contributed by atoms with Crippen LogP contribution in [0.3, 0.4) is 0 Å². The highest BCUT2D eigenvalue weighted by atomic mass is 16.5. The summed E-state index contributed by atoms with van der Waals surface area (Å²) in [5.41, 5.74) is 5.89. The van der Waals surface area contributed by atoms with Gasteiger partial charge in [0.2, 0.25) is 0 Å². The molecule has 1 aromatic heterocycles. The SMILES string of the molecule is COCc1cc(N)nc(C(C)(C)OC)n1. The zero-order valence-electron chi connectivity index (χ0n) is 9.57. The Bertz CT molecular complexity index is 339. The molecule has 0 bridgehead atoms. The molecule has 0 fully saturated rings. The number of ether oxygens (including phenoxy) is 2. The van der Waals surface area contributed by atoms with E-state index in [4.69, 9.17) is 15.2 Å². The standard InChI is InChI=1S/C10H17N3O2/c1-10(2,15-4)9-12-7(6-14-3)5-8(11)13-9/h5H,6H2,1-4H3,(H2,11,12,13). The molecule has 0 saturated heterocycles. The van der Waals surface area contributed by atoms with E-state index in [1.807, 2.05) is 13.8 Å². The second-order valence-electron chi connectivity index (χ2n) is 3.76. The zero-order valence-corrected chi connectivity index (χ0v) is 9.57. The summed E-state index contributed by atoms with van der Waals surface area (Å²) in [5, 5.41) is 0. The number of hydrogen-bond acceptors (Lipinski definition) is 5. The lowest BCUT2D eigenvalue weighted by molar-refractivity contribution is 0.0111. The van der Waals surface area contributed by atoms with Gasteiger partial charge in [0, 0.05) is 20.3 Å². The summed E-state index contributed by atoms with van der Waals surface area (Å²) in [5.74, 6) is 0.995. The fourth-order valence-electron chi connectivity index (χ4n) is 1.10. The van der Waals surface area contributed by atoms with Crippen molar-refractivity contribution in [3.05, 3.63) is 17.6 Å². The van der Waals surface area contributed by atoms with Crippen LogP contribution in [-0.2, 0) is 21.7 Å². The molecule has 0 unspecified atom stereocenters. The van der Waals surface area contributed by atoms with Crippen LogP contribution < -0.4 is 5.73 Å². The van der Waals surface area contributed by atoms with Crippen LogP contribution in [0.5, 0.6) is 0 Å². The molecule has 84 valence electrons. The number of nitrogen functional groups attached to an aromatic ring is 1. The molecule has 5 nitrogen and oxygen atoms in total. The molecule has 15 heavy (non-hydrogen) atoms. The second kappa shape index (κ2) is 4.55. The number of methoxy groups -OCH3 is 2. The van der Waals surface area contributed by atoms with Gasteiger partial charge in [0.1, 0.15) is 11.4 Å². The fraction of sp³-hybridized carbons (Fsp3) is 0.600. The maximum absolute atomic E-state index is 5.68. The lowest BCUT2D eigenvalue weighted by Crippen LogP contribution is -2.24. The van der Waals surface area contributed by atoms with Gasteiger partial charge in [0.15, 0.2) is 5.82 Å². The van der Waals surface area contributed by atoms with Crippen LogP contribution in [0.15, 0.2) is 6.07 Å². The third kappa shape index (κ3) is 2.87. The fourth-order valence-corrected chi connectivity index (χ4v) is 1.10. The smallest absolute Gasteiger partial charge is 0.162 e. The zero-order chi connectivity index (χ0) is 11.5. The van der Waals surface area contributed by atoms with Crippen molar-refractivity contribution in [2.75, 3.05) is 20.0 Å². The Morgan fingerprint density at radius 1 is 1.33 bits per heavy atom. The van der Waals surface area contributed by atoms with E-state index >= 15 is 0 Å². The van der Waals surface area contributed by atoms with Crippen molar-refractivity contribution in [1.82, 2.24) is 9.97 Å². The van der Waals surface area contributed by atoms with Crippen LogP contribution in [0.25, 0.3) is 0 Å². The van der Waals surface area contributed by atoms with Crippen molar-refractivity contribution in [1.29, 1.82) is 0 Å². The first-order chi connectivity index (χ1) is 6.99. The van der Waals surface area contributed by atoms with Crippen LogP contribution in [-0.4, -0.2) is 24.2 Å². The minimum absolute atomic E-state index is 0.416. The predicted octanol–water partition coefficient (Wildman–Crippen LogP) is 1.09. The first kappa shape index (κ1) is 11.9. The van der Waals surface area contributed by atoms with Gasteiger partial charge in [-0.25, -0.2) is 9.97 Å². The van der Waals surface area contributed by atoms with Crippen molar-refractivity contribution in [3.8, 4) is 0 Å². The van der Waals surface area contributed by atoms with Gasteiger partial charge in [-0.15, -0.1) is 0 Å². The van der Waals surface area contributed by atoms with E-state index in [-0.39, 0.29) is 0 Å². The molecule has 0 saturated carbocycles. The van der Waals surface area contributed by atoms with Crippen LogP contribution in [0.1, 0.15) is 25.4 Å². The van der Waals surface area contributed by atoms with Crippen LogP contribution in [0.2, 0.25) is 0 Å². The minimum atomic E-state index is -0.544. The lowest BCUT2D eigenvalue weighted by Gasteiger charge is -2.21. The Kier molecular flexibility index (Phi) is 3.60. The number of nitrogens with two attached hydrogens (primary N) is 1. The first-order valence-corrected chi connectivity index (χ1v) is 4.67. The Labute approximate surface area is 89.6 Å². The summed E-state index contributed by atoms with van der Waals surface area (Å²) >= 11 is 0. The summed E-state index contributed by atoms with van der Waals surface area (Å²) < 4.78 is 10.3. The summed E-state index contributed by atoms with van der Waals surface area (Å²) in [6.45, 7) is 4.19. The summed E-state index contributed by atoms with van der Waals surface area (Å²) in [4.78, 5) is 8.47. The molecule has 0 spiro atoms. The maximum atomic E-state index is 5.68. The normalized spacial score (nSPS) is 11.7. The molecule has 5 heteroatoms. The van der Waals surface area contributed by atoms with Crippen molar-refractivity contribution >= 4 is 5.82 Å². The number of anilines is 1. The highest BCUT2D eigenvalue weighted by Gasteiger charge is 2.23. The molecule has 1 heterocycles. The quantitative estimate of drug-likeness (QED) is 0.807. The molecule has 0 aliphatic heterocycles. The third-order valence-electron chi connectivity index (χ3n) is 2.14. The van der Waals surface area contributed by atoms with Gasteiger partial charge in [-0.3, -0.25) is 0 Å². The lowest BCUT2D eigenvalue weighted by atomic mass is 10.1. The summed E-state index contributed by atoms with van der Waals surface area (Å²) in [6, 6.07) is 1.69. The first-order valence-electron chi connectivity index (χ1n) is 4.67. The largest absolute Gasteiger partial charge is 0.384 e. The average Bonchev–Trinajstić information content (AvgIpc) is 2.17. The van der Waals surface area contributed by atoms with E-state index < -0.39 is 5.60 Å². The molecule has 0 amide bonds. The molecular weight excluding hydrogens is 194 g/mol. The van der Waals surface area contributed by atoms with Crippen LogP contribution in [0.4, 0.5) is 5.82 Å². The molecule has 0 aliphatic rings. The van der Waals surface area contributed by atoms with Gasteiger partial charge in [0.25, 0.3) is 0 Å². The average molecular weight is 211 g/mol. The molecule has 0 atom stereocenters. The van der Waals surface area contributed by atoms with Crippen molar-refractivity contribution in [2.24, 2.45) is 0 Å². The van der Waals surface area contributed by atoms with E-state index in [1.165, 1.54) is 0 Å². The van der Waals surface area contributed by atoms with E-state index in [1.54, 1.807) is 20.3 Å². The van der Waals surface area contributed by atoms with Crippen molar-refractivity contribution in [3.63, 3.8) is 0 Å². The van der Waals surface area contributed by atoms with Crippen LogP contribution >= 0.6 is 0 Å². The number of rotatable bonds is 4. The van der Waals surface area contributed by atoms with Gasteiger partial charge >= 0.3 is 0 Å². The van der Waals surface area contributed by atoms with Crippen molar-refractivity contribution < 1.29 is 9.47 Å². The van der Waals surface area contributed by atoms with Gasteiger partial charge in [-0.05, 0) is 13.8 Å². The highest BCUT2D eigenvalue weighted by Crippen LogP contribution is 2.21. The van der Waals surface area contributed by atoms with E-state index in [9.17, 15) is 0 Å². The minimum Gasteiger partial charge on any atom is -0.384 e. The second-order valence-corrected chi connectivity index (χ2v) is 3.76. The molecule has 1 aromatic rings. The topological polar surface area (TPSA) is 70.3 Å². The number of nitrogens with zero attached hydrogens (tertiary/aromatic N) is 2. The van der Waals surface area contributed by atoms with Gasteiger partial charge < -0.3 is 15.2 Å². The molecule has 1 rings (SSSR count). The Morgan fingerprint density at radius 2 is 2.00 bits per heavy atom. The number of hydrogen-bond donors (Lipinski definition) is 1. The summed E-state index contributed by atoms with van der Waals surface area (Å²) in [6.07, 6.45) is 0. The third-order valence-corrected chi connectivity index (χ3v) is 2.14.